The monoisotopic (exact) mass is 648 g/mol. The zero-order valence-corrected chi connectivity index (χ0v) is 28.8. The van der Waals surface area contributed by atoms with Gasteiger partial charge in [0.1, 0.15) is 23.7 Å². The Morgan fingerprint density at radius 1 is 0.953 bits per heavy atom. The topological polar surface area (TPSA) is 117 Å². The number of amides is 1. The van der Waals surface area contributed by atoms with E-state index in [9.17, 15) is 19.8 Å². The third-order valence-corrected chi connectivity index (χ3v) is 10.1. The summed E-state index contributed by atoms with van der Waals surface area (Å²) in [7, 11) is 0. The van der Waals surface area contributed by atoms with Crippen molar-refractivity contribution in [2.24, 2.45) is 5.92 Å². The van der Waals surface area contributed by atoms with E-state index in [1.165, 1.54) is 76.0 Å². The van der Waals surface area contributed by atoms with E-state index in [1.54, 1.807) is 13.2 Å². The lowest BCUT2D eigenvalue weighted by atomic mass is 9.92. The van der Waals surface area contributed by atoms with Crippen LogP contribution in [0.25, 0.3) is 0 Å². The van der Waals surface area contributed by atoms with E-state index in [-0.39, 0.29) is 18.4 Å². The lowest BCUT2D eigenvalue weighted by Crippen LogP contribution is -2.65. The predicted octanol–water partition coefficient (Wildman–Crippen LogP) is 6.08. The van der Waals surface area contributed by atoms with Gasteiger partial charge >= 0.3 is 5.97 Å². The lowest BCUT2D eigenvalue weighted by Gasteiger charge is -2.45. The minimum absolute atomic E-state index is 0.187. The molecule has 0 unspecified atom stereocenters. The van der Waals surface area contributed by atoms with Crippen LogP contribution in [0.4, 0.5) is 0 Å². The summed E-state index contributed by atoms with van der Waals surface area (Å²) >= 11 is 7.77. The van der Waals surface area contributed by atoms with Crippen LogP contribution >= 0.6 is 23.4 Å². The van der Waals surface area contributed by atoms with E-state index < -0.39 is 47.2 Å². The number of halogens is 1. The smallest absolute Gasteiger partial charge is 0.306 e. The second kappa shape index (κ2) is 22.0. The molecule has 2 aliphatic rings. The maximum Gasteiger partial charge on any atom is 0.306 e. The summed E-state index contributed by atoms with van der Waals surface area (Å²) in [6, 6.07) is -1.06. The summed E-state index contributed by atoms with van der Waals surface area (Å²) in [6.07, 6.45) is 16.2. The van der Waals surface area contributed by atoms with Crippen LogP contribution in [0.5, 0.6) is 0 Å². The molecule has 0 radical (unpaired) electrons. The highest BCUT2D eigenvalue weighted by atomic mass is 35.5. The summed E-state index contributed by atoms with van der Waals surface area (Å²) in [5, 5.41) is 27.7. The molecule has 2 rings (SSSR count). The molecular formula is C33H61ClN2O6S. The lowest BCUT2D eigenvalue weighted by molar-refractivity contribution is -0.218. The number of ether oxygens (including phenoxy) is 2. The Morgan fingerprint density at radius 2 is 1.53 bits per heavy atom. The molecule has 4 N–H and O–H groups in total. The van der Waals surface area contributed by atoms with Crippen molar-refractivity contribution in [1.82, 2.24) is 10.6 Å². The summed E-state index contributed by atoms with van der Waals surface area (Å²) in [5.74, 6) is -0.125. The normalized spacial score (nSPS) is 28.9. The Kier molecular flexibility index (Phi) is 19.8. The molecule has 9 atom stereocenters. The first-order chi connectivity index (χ1) is 20.7. The molecule has 8 nitrogen and oxygen atoms in total. The fourth-order valence-corrected chi connectivity index (χ4v) is 7.26. The standard InChI is InChI=1S/C33H61ClN2O6S/c1-5-7-8-9-10-11-12-13-14-15-16-17-18-20-26(37)41-31-29(39)28(38)30(42-33(31)43-4)27(23(3)34)36-32(40)25-21-24(19-6-2)22-35-25/h23-25,27-31,33,35,38-39H,5-22H2,1-4H3,(H,36,40)/t23-,24+,25+,27+,28+,29-,30+,31+,33+/m0/s1. The highest BCUT2D eigenvalue weighted by molar-refractivity contribution is 7.99. The molecule has 0 saturated carbocycles. The number of esters is 1. The van der Waals surface area contributed by atoms with Crippen molar-refractivity contribution in [3.8, 4) is 0 Å². The first kappa shape index (κ1) is 38.6. The summed E-state index contributed by atoms with van der Waals surface area (Å²) < 4.78 is 11.8. The second-order valence-electron chi connectivity index (χ2n) is 12.7. The van der Waals surface area contributed by atoms with Crippen molar-refractivity contribution in [2.45, 2.75) is 177 Å². The van der Waals surface area contributed by atoms with Crippen molar-refractivity contribution in [2.75, 3.05) is 12.8 Å². The van der Waals surface area contributed by atoms with Gasteiger partial charge in [0, 0.05) is 6.42 Å². The van der Waals surface area contributed by atoms with Crippen molar-refractivity contribution < 1.29 is 29.3 Å². The average molecular weight is 649 g/mol. The third kappa shape index (κ3) is 13.7. The molecular weight excluding hydrogens is 588 g/mol. The Bertz CT molecular complexity index is 776. The van der Waals surface area contributed by atoms with Gasteiger partial charge in [0.15, 0.2) is 6.10 Å². The van der Waals surface area contributed by atoms with E-state index in [4.69, 9.17) is 21.1 Å². The number of alkyl halides is 1. The maximum absolute atomic E-state index is 13.1. The van der Waals surface area contributed by atoms with Crippen LogP contribution in [0, 0.1) is 5.92 Å². The molecule has 2 aliphatic heterocycles. The molecule has 0 aliphatic carbocycles. The molecule has 43 heavy (non-hydrogen) atoms. The van der Waals surface area contributed by atoms with Gasteiger partial charge in [-0.05, 0) is 44.9 Å². The number of aliphatic hydroxyl groups excluding tert-OH is 2. The van der Waals surface area contributed by atoms with Gasteiger partial charge in [-0.15, -0.1) is 23.4 Å². The molecule has 2 saturated heterocycles. The number of unbranched alkanes of at least 4 members (excludes halogenated alkanes) is 12. The van der Waals surface area contributed by atoms with Crippen molar-refractivity contribution in [3.63, 3.8) is 0 Å². The number of hydrogen-bond acceptors (Lipinski definition) is 8. The number of aliphatic hydroxyl groups is 2. The molecule has 0 spiro atoms. The minimum atomic E-state index is -1.38. The van der Waals surface area contributed by atoms with Crippen LogP contribution in [0.2, 0.25) is 0 Å². The largest absolute Gasteiger partial charge is 0.456 e. The van der Waals surface area contributed by atoms with Gasteiger partial charge in [0.05, 0.1) is 17.5 Å². The van der Waals surface area contributed by atoms with E-state index >= 15 is 0 Å². The van der Waals surface area contributed by atoms with Gasteiger partial charge in [0.2, 0.25) is 5.91 Å². The average Bonchev–Trinajstić information content (AvgIpc) is 3.46. The number of carbonyl (C=O) groups is 2. The zero-order chi connectivity index (χ0) is 31.6. The minimum Gasteiger partial charge on any atom is -0.456 e. The molecule has 0 bridgehead atoms. The van der Waals surface area contributed by atoms with Gasteiger partial charge in [-0.1, -0.05) is 97.3 Å². The Hall–Kier alpha value is -0.580. The molecule has 0 aromatic rings. The summed E-state index contributed by atoms with van der Waals surface area (Å²) in [4.78, 5) is 25.7. The van der Waals surface area contributed by atoms with Crippen molar-refractivity contribution in [3.05, 3.63) is 0 Å². The molecule has 0 aromatic heterocycles. The fourth-order valence-electron chi connectivity index (χ4n) is 6.33. The van der Waals surface area contributed by atoms with E-state index in [0.717, 1.165) is 45.1 Å². The van der Waals surface area contributed by atoms with Gasteiger partial charge in [-0.3, -0.25) is 9.59 Å². The number of rotatable bonds is 22. The van der Waals surface area contributed by atoms with Gasteiger partial charge in [-0.2, -0.15) is 0 Å². The van der Waals surface area contributed by atoms with E-state index in [2.05, 4.69) is 24.5 Å². The Balaban J connectivity index is 1.73. The summed E-state index contributed by atoms with van der Waals surface area (Å²) in [5.41, 5.74) is -0.702. The zero-order valence-electron chi connectivity index (χ0n) is 27.2. The first-order valence-electron chi connectivity index (χ1n) is 17.1. The highest BCUT2D eigenvalue weighted by Crippen LogP contribution is 2.32. The Morgan fingerprint density at radius 3 is 2.07 bits per heavy atom. The number of carbonyl (C=O) groups excluding carboxylic acids is 2. The summed E-state index contributed by atoms with van der Waals surface area (Å²) in [6.45, 7) is 6.92. The van der Waals surface area contributed by atoms with E-state index in [0.29, 0.717) is 5.92 Å². The molecule has 2 fully saturated rings. The van der Waals surface area contributed by atoms with Gasteiger partial charge < -0.3 is 30.3 Å². The third-order valence-electron chi connectivity index (χ3n) is 8.96. The quantitative estimate of drug-likeness (QED) is 0.0634. The van der Waals surface area contributed by atoms with Crippen molar-refractivity contribution in [1.29, 1.82) is 0 Å². The van der Waals surface area contributed by atoms with Crippen LogP contribution < -0.4 is 10.6 Å². The second-order valence-corrected chi connectivity index (χ2v) is 14.3. The highest BCUT2D eigenvalue weighted by Gasteiger charge is 2.50. The van der Waals surface area contributed by atoms with Crippen LogP contribution in [-0.2, 0) is 19.1 Å². The van der Waals surface area contributed by atoms with Crippen LogP contribution in [0.3, 0.4) is 0 Å². The number of thioether (sulfide) groups is 1. The molecule has 0 aromatic carbocycles. The van der Waals surface area contributed by atoms with Crippen LogP contribution in [0.1, 0.15) is 130 Å². The van der Waals surface area contributed by atoms with Gasteiger partial charge in [-0.25, -0.2) is 0 Å². The molecule has 10 heteroatoms. The molecule has 1 amide bonds. The van der Waals surface area contributed by atoms with Gasteiger partial charge in [0.25, 0.3) is 0 Å². The maximum atomic E-state index is 13.1. The number of hydrogen-bond donors (Lipinski definition) is 4. The van der Waals surface area contributed by atoms with Crippen LogP contribution in [-0.4, -0.2) is 82.2 Å². The predicted molar refractivity (Wildman–Crippen MR) is 176 cm³/mol. The Labute approximate surface area is 270 Å². The molecule has 2 heterocycles. The fraction of sp³-hybridized carbons (Fsp3) is 0.939. The van der Waals surface area contributed by atoms with Crippen molar-refractivity contribution >= 4 is 35.2 Å². The number of nitrogens with one attached hydrogen (secondary N) is 2. The SMILES string of the molecule is CCCCCCCCCCCCCCCC(=O)O[C@@H]1[C@@H](O)[C@@H](O)[C@@H]([C@H](NC(=O)[C@H]2C[C@@H](CCC)CN2)[C@H](C)Cl)O[C@@H]1SC. The molecule has 252 valence electrons. The van der Waals surface area contributed by atoms with E-state index in [1.807, 2.05) is 0 Å². The van der Waals surface area contributed by atoms with Crippen LogP contribution in [0.15, 0.2) is 0 Å². The first-order valence-corrected chi connectivity index (χ1v) is 18.9.